The molecule has 1 heterocycles. The molecular formula is C28H27Cl2N5O6. The number of carboxylic acids is 1. The zero-order valence-electron chi connectivity index (χ0n) is 21.9. The van der Waals surface area contributed by atoms with Gasteiger partial charge in [-0.15, -0.1) is 0 Å². The standard InChI is InChI=1S/C28H27Cl2N5O6/c1-41-25-8-5-16(13-34-25)17-10-20(29)26(21(30)11-17)23(37)12-18(27(39)40)14-33-24(38)7-6-22(36)15-3-2-4-19(9-15)35-28(31)32/h2-5,8-11,13,18H,6-7,12,14H2,1H3,(H,33,38)(H,39,40)(H4,31,32,35)/t18-/m0/s1. The Morgan fingerprint density at radius 2 is 1.71 bits per heavy atom. The van der Waals surface area contributed by atoms with Crippen molar-refractivity contribution in [3.05, 3.63) is 75.9 Å². The molecule has 3 rings (SSSR count). The molecule has 1 aromatic heterocycles. The summed E-state index contributed by atoms with van der Waals surface area (Å²) in [6.07, 6.45) is 0.776. The first-order valence-corrected chi connectivity index (χ1v) is 13.0. The molecule has 41 heavy (non-hydrogen) atoms. The number of methoxy groups -OCH3 is 1. The first kappa shape index (κ1) is 31.1. The number of ether oxygens (including phenoxy) is 1. The van der Waals surface area contributed by atoms with Crippen molar-refractivity contribution in [3.63, 3.8) is 0 Å². The molecule has 11 nitrogen and oxygen atoms in total. The number of halogens is 2. The van der Waals surface area contributed by atoms with E-state index in [-0.39, 0.29) is 46.7 Å². The summed E-state index contributed by atoms with van der Waals surface area (Å²) in [6, 6.07) is 12.7. The monoisotopic (exact) mass is 599 g/mol. The predicted octanol–water partition coefficient (Wildman–Crippen LogP) is 4.02. The molecule has 0 fully saturated rings. The number of nitrogens with zero attached hydrogens (tertiary/aromatic N) is 2. The molecule has 0 radical (unpaired) electrons. The van der Waals surface area contributed by atoms with Gasteiger partial charge in [0.25, 0.3) is 0 Å². The number of Topliss-reactive ketones (excluding diaryl/α,β-unsaturated/α-hetero) is 2. The van der Waals surface area contributed by atoms with E-state index in [4.69, 9.17) is 39.4 Å². The number of carbonyl (C=O) groups is 4. The highest BCUT2D eigenvalue weighted by Crippen LogP contribution is 2.33. The molecule has 0 aliphatic carbocycles. The Morgan fingerprint density at radius 3 is 2.29 bits per heavy atom. The van der Waals surface area contributed by atoms with Crippen LogP contribution in [-0.2, 0) is 9.59 Å². The Balaban J connectivity index is 1.59. The Bertz CT molecular complexity index is 1470. The van der Waals surface area contributed by atoms with Crippen molar-refractivity contribution < 1.29 is 29.0 Å². The van der Waals surface area contributed by atoms with Crippen molar-refractivity contribution >= 4 is 58.3 Å². The van der Waals surface area contributed by atoms with Crippen molar-refractivity contribution in [1.29, 1.82) is 0 Å². The second kappa shape index (κ2) is 14.2. The van der Waals surface area contributed by atoms with Gasteiger partial charge in [0.2, 0.25) is 11.8 Å². The molecule has 0 unspecified atom stereocenters. The SMILES string of the molecule is COc1ccc(-c2cc(Cl)c(C(=O)C[C@@H](CNC(=O)CCC(=O)c3cccc(N=C(N)N)c3)C(=O)O)c(Cl)c2)cn1. The maximum Gasteiger partial charge on any atom is 0.308 e. The molecule has 0 saturated carbocycles. The number of hydrogen-bond donors (Lipinski definition) is 4. The van der Waals surface area contributed by atoms with Gasteiger partial charge in [-0.05, 0) is 35.9 Å². The molecule has 6 N–H and O–H groups in total. The first-order chi connectivity index (χ1) is 19.5. The first-order valence-electron chi connectivity index (χ1n) is 12.2. The average molecular weight is 600 g/mol. The average Bonchev–Trinajstić information content (AvgIpc) is 2.93. The van der Waals surface area contributed by atoms with Gasteiger partial charge in [0.05, 0.1) is 34.3 Å². The molecule has 1 amide bonds. The van der Waals surface area contributed by atoms with Gasteiger partial charge in [-0.3, -0.25) is 19.2 Å². The number of aromatic nitrogens is 1. The number of carbonyl (C=O) groups excluding carboxylic acids is 3. The number of nitrogens with one attached hydrogen (secondary N) is 1. The topological polar surface area (TPSA) is 187 Å². The van der Waals surface area contributed by atoms with Gasteiger partial charge in [-0.1, -0.05) is 35.3 Å². The van der Waals surface area contributed by atoms with E-state index in [0.29, 0.717) is 28.3 Å². The second-order valence-corrected chi connectivity index (χ2v) is 9.70. The third-order valence-electron chi connectivity index (χ3n) is 5.93. The van der Waals surface area contributed by atoms with Crippen molar-refractivity contribution in [3.8, 4) is 17.0 Å². The van der Waals surface area contributed by atoms with Gasteiger partial charge >= 0.3 is 5.97 Å². The highest BCUT2D eigenvalue weighted by Gasteiger charge is 2.26. The van der Waals surface area contributed by atoms with E-state index in [1.165, 1.54) is 25.3 Å². The zero-order chi connectivity index (χ0) is 30.1. The minimum absolute atomic E-state index is 0.0234. The fourth-order valence-electron chi connectivity index (χ4n) is 3.85. The van der Waals surface area contributed by atoms with E-state index in [0.717, 1.165) is 0 Å². The van der Waals surface area contributed by atoms with Gasteiger partial charge in [0.1, 0.15) is 0 Å². The number of aliphatic imine (C=N–C) groups is 1. The van der Waals surface area contributed by atoms with Gasteiger partial charge in [-0.2, -0.15) is 0 Å². The molecule has 13 heteroatoms. The number of carboxylic acid groups (broad SMARTS) is 1. The van der Waals surface area contributed by atoms with Crippen LogP contribution in [0, 0.1) is 5.92 Å². The van der Waals surface area contributed by atoms with Crippen molar-refractivity contribution in [2.45, 2.75) is 19.3 Å². The van der Waals surface area contributed by atoms with E-state index in [2.05, 4.69) is 15.3 Å². The smallest absolute Gasteiger partial charge is 0.308 e. The minimum Gasteiger partial charge on any atom is -0.481 e. The Hall–Kier alpha value is -4.48. The highest BCUT2D eigenvalue weighted by atomic mass is 35.5. The summed E-state index contributed by atoms with van der Waals surface area (Å²) in [5.74, 6) is -3.76. The number of nitrogens with two attached hydrogens (primary N) is 2. The number of amides is 1. The van der Waals surface area contributed by atoms with E-state index in [1.54, 1.807) is 36.5 Å². The fraction of sp³-hybridized carbons (Fsp3) is 0.214. The van der Waals surface area contributed by atoms with Crippen molar-refractivity contribution in [1.82, 2.24) is 10.3 Å². The third kappa shape index (κ3) is 8.75. The van der Waals surface area contributed by atoms with Crippen molar-refractivity contribution in [2.24, 2.45) is 22.4 Å². The van der Waals surface area contributed by atoms with Crippen LogP contribution >= 0.6 is 23.2 Å². The van der Waals surface area contributed by atoms with Gasteiger partial charge < -0.3 is 26.6 Å². The number of guanidine groups is 1. The lowest BCUT2D eigenvalue weighted by molar-refractivity contribution is -0.141. The molecular weight excluding hydrogens is 573 g/mol. The van der Waals surface area contributed by atoms with Crippen LogP contribution < -0.4 is 21.5 Å². The van der Waals surface area contributed by atoms with Crippen LogP contribution in [0.25, 0.3) is 11.1 Å². The van der Waals surface area contributed by atoms with Gasteiger partial charge in [-0.25, -0.2) is 9.98 Å². The summed E-state index contributed by atoms with van der Waals surface area (Å²) < 4.78 is 5.04. The van der Waals surface area contributed by atoms with Gasteiger partial charge in [0.15, 0.2) is 17.5 Å². The highest BCUT2D eigenvalue weighted by molar-refractivity contribution is 6.40. The molecule has 214 valence electrons. The molecule has 0 spiro atoms. The Kier molecular flexibility index (Phi) is 10.8. The number of pyridine rings is 1. The predicted molar refractivity (Wildman–Crippen MR) is 155 cm³/mol. The third-order valence-corrected chi connectivity index (χ3v) is 6.53. The quantitative estimate of drug-likeness (QED) is 0.128. The number of hydrogen-bond acceptors (Lipinski definition) is 7. The van der Waals surface area contributed by atoms with Crippen LogP contribution in [0.1, 0.15) is 40.0 Å². The van der Waals surface area contributed by atoms with E-state index in [1.807, 2.05) is 0 Å². The molecule has 2 aromatic carbocycles. The summed E-state index contributed by atoms with van der Waals surface area (Å²) in [7, 11) is 1.49. The molecule has 0 aliphatic heterocycles. The Labute approximate surface area is 245 Å². The molecule has 3 aromatic rings. The number of ketones is 2. The fourth-order valence-corrected chi connectivity index (χ4v) is 4.54. The summed E-state index contributed by atoms with van der Waals surface area (Å²) >= 11 is 12.7. The van der Waals surface area contributed by atoms with E-state index >= 15 is 0 Å². The number of rotatable bonds is 13. The van der Waals surface area contributed by atoms with Crippen LogP contribution in [0.15, 0.2) is 59.7 Å². The molecule has 0 aliphatic rings. The lowest BCUT2D eigenvalue weighted by Crippen LogP contribution is -2.34. The van der Waals surface area contributed by atoms with Crippen LogP contribution in [0.2, 0.25) is 10.0 Å². The second-order valence-electron chi connectivity index (χ2n) is 8.88. The Morgan fingerprint density at radius 1 is 1.00 bits per heavy atom. The lowest BCUT2D eigenvalue weighted by Gasteiger charge is -2.15. The maximum atomic E-state index is 13.0. The molecule has 1 atom stereocenters. The number of aliphatic carboxylic acids is 1. The normalized spacial score (nSPS) is 11.3. The van der Waals surface area contributed by atoms with Crippen LogP contribution in [0.3, 0.4) is 0 Å². The maximum absolute atomic E-state index is 13.0. The van der Waals surface area contributed by atoms with Crippen LogP contribution in [-0.4, -0.2) is 53.1 Å². The number of benzene rings is 2. The molecule has 0 saturated heterocycles. The zero-order valence-corrected chi connectivity index (χ0v) is 23.4. The summed E-state index contributed by atoms with van der Waals surface area (Å²) in [5.41, 5.74) is 12.7. The summed E-state index contributed by atoms with van der Waals surface area (Å²) in [5, 5.41) is 12.2. The van der Waals surface area contributed by atoms with Crippen LogP contribution in [0.5, 0.6) is 5.88 Å². The summed E-state index contributed by atoms with van der Waals surface area (Å²) in [6.45, 7) is -0.334. The van der Waals surface area contributed by atoms with Gasteiger partial charge in [0, 0.05) is 49.2 Å². The largest absolute Gasteiger partial charge is 0.481 e. The van der Waals surface area contributed by atoms with E-state index in [9.17, 15) is 24.3 Å². The molecule has 0 bridgehead atoms. The summed E-state index contributed by atoms with van der Waals surface area (Å²) in [4.78, 5) is 57.7. The lowest BCUT2D eigenvalue weighted by atomic mass is 9.96. The minimum atomic E-state index is -1.29. The van der Waals surface area contributed by atoms with Crippen LogP contribution in [0.4, 0.5) is 5.69 Å². The van der Waals surface area contributed by atoms with Crippen molar-refractivity contribution in [2.75, 3.05) is 13.7 Å². The van der Waals surface area contributed by atoms with E-state index < -0.39 is 30.0 Å².